The highest BCUT2D eigenvalue weighted by Gasteiger charge is 2.24. The number of sulfone groups is 1. The molecule has 0 aromatic heterocycles. The van der Waals surface area contributed by atoms with E-state index in [2.05, 4.69) is 0 Å². The molecule has 3 N–H and O–H groups in total. The van der Waals surface area contributed by atoms with Gasteiger partial charge in [0.15, 0.2) is 11.5 Å². The van der Waals surface area contributed by atoms with Crippen LogP contribution >= 0.6 is 0 Å². The predicted octanol–water partition coefficient (Wildman–Crippen LogP) is 0.152. The Morgan fingerprint density at radius 3 is 2.30 bits per heavy atom. The normalized spacial score (nSPS) is 14.7. The maximum absolute atomic E-state index is 11.3. The molecule has 0 bridgehead atoms. The second-order valence-corrected chi connectivity index (χ2v) is 6.80. The number of hydrogen-bond acceptors (Lipinski definition) is 6. The summed E-state index contributed by atoms with van der Waals surface area (Å²) in [7, 11) is -0.246. The number of nitrogens with two attached hydrogens (primary N) is 1. The van der Waals surface area contributed by atoms with E-state index < -0.39 is 21.9 Å². The van der Waals surface area contributed by atoms with E-state index in [4.69, 9.17) is 15.2 Å². The number of rotatable bonds is 7. The van der Waals surface area contributed by atoms with Crippen LogP contribution in [0.5, 0.6) is 11.5 Å². The Morgan fingerprint density at radius 2 is 1.85 bits per heavy atom. The lowest BCUT2D eigenvalue weighted by Gasteiger charge is -2.22. The largest absolute Gasteiger partial charge is 0.493 e. The van der Waals surface area contributed by atoms with E-state index in [1.165, 1.54) is 14.2 Å². The van der Waals surface area contributed by atoms with Gasteiger partial charge in [-0.1, -0.05) is 6.07 Å². The van der Waals surface area contributed by atoms with Crippen molar-refractivity contribution in [3.05, 3.63) is 23.8 Å². The number of aliphatic hydroxyl groups is 1. The summed E-state index contributed by atoms with van der Waals surface area (Å²) in [6.45, 7) is 0.131. The van der Waals surface area contributed by atoms with Crippen molar-refractivity contribution in [3.8, 4) is 11.5 Å². The predicted molar refractivity (Wildman–Crippen MR) is 77.1 cm³/mol. The third-order valence-electron chi connectivity index (χ3n) is 3.03. The third kappa shape index (κ3) is 4.36. The molecule has 0 saturated carbocycles. The van der Waals surface area contributed by atoms with Crippen LogP contribution in [0.1, 0.15) is 11.5 Å². The number of methoxy groups -OCH3 is 2. The summed E-state index contributed by atoms with van der Waals surface area (Å²) in [5, 5.41) is 10.1. The molecule has 0 spiro atoms. The highest BCUT2D eigenvalue weighted by molar-refractivity contribution is 7.90. The van der Waals surface area contributed by atoms with Crippen LogP contribution < -0.4 is 15.2 Å². The lowest BCUT2D eigenvalue weighted by molar-refractivity contribution is 0.167. The van der Waals surface area contributed by atoms with Gasteiger partial charge in [0, 0.05) is 18.7 Å². The SMILES string of the molecule is COc1ccc(C(CN)C(O)CS(C)(=O)=O)cc1OC. The van der Waals surface area contributed by atoms with Gasteiger partial charge in [-0.2, -0.15) is 0 Å². The highest BCUT2D eigenvalue weighted by Crippen LogP contribution is 2.31. The minimum atomic E-state index is -3.28. The fourth-order valence-corrected chi connectivity index (χ4v) is 2.88. The fraction of sp³-hybridized carbons (Fsp3) is 0.538. The molecule has 0 amide bonds. The maximum Gasteiger partial charge on any atom is 0.160 e. The molecule has 1 aromatic rings. The van der Waals surface area contributed by atoms with E-state index in [0.29, 0.717) is 17.1 Å². The van der Waals surface area contributed by atoms with Crippen LogP contribution in [-0.2, 0) is 9.84 Å². The Hall–Kier alpha value is -1.31. The first-order valence-corrected chi connectivity index (χ1v) is 8.16. The van der Waals surface area contributed by atoms with Gasteiger partial charge >= 0.3 is 0 Å². The number of hydrogen-bond donors (Lipinski definition) is 2. The molecule has 0 fully saturated rings. The monoisotopic (exact) mass is 303 g/mol. The average molecular weight is 303 g/mol. The maximum atomic E-state index is 11.3. The summed E-state index contributed by atoms with van der Waals surface area (Å²) in [4.78, 5) is 0. The van der Waals surface area contributed by atoms with Crippen LogP contribution in [0.25, 0.3) is 0 Å². The van der Waals surface area contributed by atoms with Gasteiger partial charge in [0.2, 0.25) is 0 Å². The zero-order chi connectivity index (χ0) is 15.3. The van der Waals surface area contributed by atoms with Crippen molar-refractivity contribution in [2.45, 2.75) is 12.0 Å². The van der Waals surface area contributed by atoms with E-state index >= 15 is 0 Å². The molecule has 114 valence electrons. The van der Waals surface area contributed by atoms with Crippen molar-refractivity contribution in [1.29, 1.82) is 0 Å². The average Bonchev–Trinajstić information content (AvgIpc) is 2.37. The molecule has 0 heterocycles. The summed E-state index contributed by atoms with van der Waals surface area (Å²) in [5.74, 6) is 0.257. The fourth-order valence-electron chi connectivity index (χ4n) is 2.03. The summed E-state index contributed by atoms with van der Waals surface area (Å²) < 4.78 is 32.9. The van der Waals surface area contributed by atoms with Crippen LogP contribution in [0.2, 0.25) is 0 Å². The van der Waals surface area contributed by atoms with E-state index in [1.54, 1.807) is 18.2 Å². The Morgan fingerprint density at radius 1 is 1.25 bits per heavy atom. The Balaban J connectivity index is 3.06. The zero-order valence-corrected chi connectivity index (χ0v) is 12.7. The molecular formula is C13H21NO5S. The summed E-state index contributed by atoms with van der Waals surface area (Å²) >= 11 is 0. The smallest absolute Gasteiger partial charge is 0.160 e. The van der Waals surface area contributed by atoms with E-state index in [-0.39, 0.29) is 12.3 Å². The first-order valence-electron chi connectivity index (χ1n) is 6.10. The molecule has 2 atom stereocenters. The van der Waals surface area contributed by atoms with Crippen LogP contribution in [-0.4, -0.2) is 52.4 Å². The Labute approximate surface area is 119 Å². The van der Waals surface area contributed by atoms with E-state index in [1.807, 2.05) is 0 Å². The minimum absolute atomic E-state index is 0.131. The van der Waals surface area contributed by atoms with E-state index in [0.717, 1.165) is 6.26 Å². The molecule has 7 heteroatoms. The summed E-state index contributed by atoms with van der Waals surface area (Å²) in [6.07, 6.45) is 0.0198. The van der Waals surface area contributed by atoms with Gasteiger partial charge < -0.3 is 20.3 Å². The lowest BCUT2D eigenvalue weighted by atomic mass is 9.94. The Bertz CT molecular complexity index is 544. The second-order valence-electron chi connectivity index (χ2n) is 4.62. The van der Waals surface area contributed by atoms with Crippen LogP contribution in [0.3, 0.4) is 0 Å². The van der Waals surface area contributed by atoms with Crippen molar-refractivity contribution in [2.75, 3.05) is 32.8 Å². The summed E-state index contributed by atoms with van der Waals surface area (Å²) in [5.41, 5.74) is 6.37. The molecule has 0 aliphatic carbocycles. The number of aliphatic hydroxyl groups excluding tert-OH is 1. The Kier molecular flexibility index (Phi) is 5.79. The van der Waals surface area contributed by atoms with Gasteiger partial charge in [-0.25, -0.2) is 8.42 Å². The van der Waals surface area contributed by atoms with Gasteiger partial charge in [-0.3, -0.25) is 0 Å². The van der Waals surface area contributed by atoms with Gasteiger partial charge in [-0.15, -0.1) is 0 Å². The standard InChI is InChI=1S/C13H21NO5S/c1-18-12-5-4-9(6-13(12)19-2)10(7-14)11(15)8-20(3,16)17/h4-6,10-11,15H,7-8,14H2,1-3H3. The molecule has 1 aromatic carbocycles. The van der Waals surface area contributed by atoms with Crippen LogP contribution in [0.15, 0.2) is 18.2 Å². The quantitative estimate of drug-likeness (QED) is 0.744. The van der Waals surface area contributed by atoms with Crippen LogP contribution in [0, 0.1) is 0 Å². The van der Waals surface area contributed by atoms with Gasteiger partial charge in [0.1, 0.15) is 9.84 Å². The van der Waals surface area contributed by atoms with Crippen molar-refractivity contribution in [2.24, 2.45) is 5.73 Å². The number of benzene rings is 1. The molecule has 1 rings (SSSR count). The van der Waals surface area contributed by atoms with Crippen molar-refractivity contribution >= 4 is 9.84 Å². The van der Waals surface area contributed by atoms with Gasteiger partial charge in [0.25, 0.3) is 0 Å². The third-order valence-corrected chi connectivity index (χ3v) is 3.97. The first-order chi connectivity index (χ1) is 9.32. The molecular weight excluding hydrogens is 282 g/mol. The molecule has 2 unspecified atom stereocenters. The number of ether oxygens (including phenoxy) is 2. The van der Waals surface area contributed by atoms with Gasteiger partial charge in [-0.05, 0) is 17.7 Å². The molecule has 0 aliphatic heterocycles. The van der Waals surface area contributed by atoms with Gasteiger partial charge in [0.05, 0.1) is 26.1 Å². The topological polar surface area (TPSA) is 98.9 Å². The van der Waals surface area contributed by atoms with Crippen molar-refractivity contribution < 1.29 is 23.0 Å². The summed E-state index contributed by atoms with van der Waals surface area (Å²) in [6, 6.07) is 5.14. The molecule has 0 radical (unpaired) electrons. The highest BCUT2D eigenvalue weighted by atomic mass is 32.2. The zero-order valence-electron chi connectivity index (χ0n) is 11.9. The minimum Gasteiger partial charge on any atom is -0.493 e. The van der Waals surface area contributed by atoms with Crippen molar-refractivity contribution in [3.63, 3.8) is 0 Å². The van der Waals surface area contributed by atoms with Crippen LogP contribution in [0.4, 0.5) is 0 Å². The lowest BCUT2D eigenvalue weighted by Crippen LogP contribution is -2.31. The molecule has 20 heavy (non-hydrogen) atoms. The van der Waals surface area contributed by atoms with Crippen molar-refractivity contribution in [1.82, 2.24) is 0 Å². The molecule has 0 saturated heterocycles. The first kappa shape index (κ1) is 16.7. The molecule has 6 nitrogen and oxygen atoms in total. The second kappa shape index (κ2) is 6.92. The molecule has 0 aliphatic rings. The van der Waals surface area contributed by atoms with E-state index in [9.17, 15) is 13.5 Å².